The molecule has 0 saturated carbocycles. The molecule has 1 aromatic carbocycles. The number of rotatable bonds is 2. The van der Waals surface area contributed by atoms with Crippen LogP contribution in [0, 0.1) is 12.3 Å². The van der Waals surface area contributed by atoms with Crippen molar-refractivity contribution in [2.75, 3.05) is 5.32 Å². The van der Waals surface area contributed by atoms with E-state index in [1.807, 2.05) is 5.92 Å². The Hall–Kier alpha value is -2.28. The molecule has 18 heavy (non-hydrogen) atoms. The number of hydrogen-bond acceptors (Lipinski definition) is 3. The van der Waals surface area contributed by atoms with Crippen molar-refractivity contribution in [1.82, 2.24) is 0 Å². The standard InChI is InChI=1S/C14H15NO3/c1-5-12(16)10-8-6-7-9-11(10)15-13(17)18-14(2,3)4/h1,6-9H,2-4H3,(H,15,17). The highest BCUT2D eigenvalue weighted by Gasteiger charge is 2.18. The van der Waals surface area contributed by atoms with Gasteiger partial charge in [-0.2, -0.15) is 0 Å². The minimum Gasteiger partial charge on any atom is -0.444 e. The molecule has 0 aliphatic carbocycles. The first kappa shape index (κ1) is 13.8. The molecule has 4 nitrogen and oxygen atoms in total. The number of carbonyl (C=O) groups is 2. The number of hydrogen-bond donors (Lipinski definition) is 1. The summed E-state index contributed by atoms with van der Waals surface area (Å²) < 4.78 is 5.10. The molecule has 4 heteroatoms. The second kappa shape index (κ2) is 5.37. The summed E-state index contributed by atoms with van der Waals surface area (Å²) in [4.78, 5) is 23.1. The topological polar surface area (TPSA) is 55.4 Å². The van der Waals surface area contributed by atoms with Crippen LogP contribution >= 0.6 is 0 Å². The van der Waals surface area contributed by atoms with Crippen LogP contribution in [0.25, 0.3) is 0 Å². The highest BCUT2D eigenvalue weighted by Crippen LogP contribution is 2.17. The Balaban J connectivity index is 2.89. The number of ether oxygens (including phenoxy) is 1. The summed E-state index contributed by atoms with van der Waals surface area (Å²) in [5.41, 5.74) is 0.00960. The smallest absolute Gasteiger partial charge is 0.412 e. The zero-order valence-corrected chi connectivity index (χ0v) is 10.6. The van der Waals surface area contributed by atoms with Crippen molar-refractivity contribution in [2.24, 2.45) is 0 Å². The second-order valence-corrected chi connectivity index (χ2v) is 4.65. The second-order valence-electron chi connectivity index (χ2n) is 4.65. The average Bonchev–Trinajstić information content (AvgIpc) is 2.26. The van der Waals surface area contributed by atoms with Crippen LogP contribution in [0.15, 0.2) is 24.3 Å². The first-order valence-electron chi connectivity index (χ1n) is 5.43. The molecular weight excluding hydrogens is 230 g/mol. The molecule has 1 amide bonds. The van der Waals surface area contributed by atoms with Gasteiger partial charge in [-0.05, 0) is 38.8 Å². The zero-order chi connectivity index (χ0) is 13.8. The molecule has 1 aromatic rings. The highest BCUT2D eigenvalue weighted by atomic mass is 16.6. The fourth-order valence-corrected chi connectivity index (χ4v) is 1.28. The molecule has 0 unspecified atom stereocenters. The number of para-hydroxylation sites is 1. The van der Waals surface area contributed by atoms with E-state index in [-0.39, 0.29) is 5.56 Å². The van der Waals surface area contributed by atoms with E-state index >= 15 is 0 Å². The predicted octanol–water partition coefficient (Wildman–Crippen LogP) is 2.85. The Morgan fingerprint density at radius 3 is 2.44 bits per heavy atom. The molecule has 94 valence electrons. The van der Waals surface area contributed by atoms with Crippen LogP contribution in [0.3, 0.4) is 0 Å². The van der Waals surface area contributed by atoms with Crippen molar-refractivity contribution < 1.29 is 14.3 Å². The summed E-state index contributed by atoms with van der Waals surface area (Å²) >= 11 is 0. The van der Waals surface area contributed by atoms with Gasteiger partial charge in [-0.25, -0.2) is 4.79 Å². The monoisotopic (exact) mass is 245 g/mol. The first-order chi connectivity index (χ1) is 8.33. The molecule has 0 saturated heterocycles. The summed E-state index contributed by atoms with van der Waals surface area (Å²) in [6.07, 6.45) is 4.44. The van der Waals surface area contributed by atoms with Gasteiger partial charge in [-0.3, -0.25) is 10.1 Å². The molecule has 0 aliphatic heterocycles. The third kappa shape index (κ3) is 3.95. The van der Waals surface area contributed by atoms with Crippen molar-refractivity contribution in [3.63, 3.8) is 0 Å². The summed E-state index contributed by atoms with van der Waals surface area (Å²) in [5.74, 6) is 1.53. The Bertz CT molecular complexity index is 507. The number of benzene rings is 1. The number of terminal acetylenes is 1. The first-order valence-corrected chi connectivity index (χ1v) is 5.43. The van der Waals surface area contributed by atoms with Crippen LogP contribution < -0.4 is 5.32 Å². The lowest BCUT2D eigenvalue weighted by atomic mass is 10.1. The third-order valence-electron chi connectivity index (χ3n) is 1.94. The molecule has 0 fully saturated rings. The maximum absolute atomic E-state index is 11.6. The van der Waals surface area contributed by atoms with Crippen LogP contribution in [0.1, 0.15) is 31.1 Å². The lowest BCUT2D eigenvalue weighted by Gasteiger charge is -2.20. The lowest BCUT2D eigenvalue weighted by Crippen LogP contribution is -2.27. The summed E-state index contributed by atoms with van der Waals surface area (Å²) in [6, 6.07) is 6.51. The van der Waals surface area contributed by atoms with E-state index < -0.39 is 17.5 Å². The molecule has 0 bridgehead atoms. The molecule has 1 N–H and O–H groups in total. The SMILES string of the molecule is C#CC(=O)c1ccccc1NC(=O)OC(C)(C)C. The van der Waals surface area contributed by atoms with E-state index in [1.165, 1.54) is 0 Å². The molecule has 0 aliphatic rings. The van der Waals surface area contributed by atoms with Gasteiger partial charge in [0.05, 0.1) is 11.3 Å². The van der Waals surface area contributed by atoms with E-state index in [4.69, 9.17) is 11.2 Å². The zero-order valence-electron chi connectivity index (χ0n) is 10.6. The van der Waals surface area contributed by atoms with Gasteiger partial charge in [0.15, 0.2) is 0 Å². The molecule has 1 rings (SSSR count). The Morgan fingerprint density at radius 1 is 1.28 bits per heavy atom. The van der Waals surface area contributed by atoms with Gasteiger partial charge in [-0.1, -0.05) is 12.1 Å². The molecule has 0 radical (unpaired) electrons. The van der Waals surface area contributed by atoms with Gasteiger partial charge < -0.3 is 4.74 Å². The third-order valence-corrected chi connectivity index (χ3v) is 1.94. The van der Waals surface area contributed by atoms with Gasteiger partial charge in [-0.15, -0.1) is 6.42 Å². The molecule has 0 atom stereocenters. The predicted molar refractivity (Wildman–Crippen MR) is 69.5 cm³/mol. The Morgan fingerprint density at radius 2 is 1.89 bits per heavy atom. The number of amides is 1. The lowest BCUT2D eigenvalue weighted by molar-refractivity contribution is 0.0636. The Kier molecular flexibility index (Phi) is 4.11. The molecule has 0 aromatic heterocycles. The van der Waals surface area contributed by atoms with Gasteiger partial charge >= 0.3 is 6.09 Å². The maximum atomic E-state index is 11.6. The molecule has 0 heterocycles. The van der Waals surface area contributed by atoms with Crippen molar-refractivity contribution in [3.8, 4) is 12.3 Å². The summed E-state index contributed by atoms with van der Waals surface area (Å²) in [7, 11) is 0. The number of carbonyl (C=O) groups excluding carboxylic acids is 2. The Labute approximate surface area is 106 Å². The largest absolute Gasteiger partial charge is 0.444 e. The average molecular weight is 245 g/mol. The fourth-order valence-electron chi connectivity index (χ4n) is 1.28. The van der Waals surface area contributed by atoms with Gasteiger partial charge in [0, 0.05) is 0 Å². The fraction of sp³-hybridized carbons (Fsp3) is 0.286. The van der Waals surface area contributed by atoms with E-state index in [0.717, 1.165) is 0 Å². The van der Waals surface area contributed by atoms with Crippen LogP contribution in [0.5, 0.6) is 0 Å². The minimum absolute atomic E-state index is 0.269. The van der Waals surface area contributed by atoms with E-state index in [1.54, 1.807) is 45.0 Å². The number of ketones is 1. The van der Waals surface area contributed by atoms with E-state index in [9.17, 15) is 9.59 Å². The van der Waals surface area contributed by atoms with Crippen LogP contribution in [-0.4, -0.2) is 17.5 Å². The normalized spacial score (nSPS) is 10.3. The van der Waals surface area contributed by atoms with Crippen molar-refractivity contribution in [2.45, 2.75) is 26.4 Å². The molecular formula is C14H15NO3. The van der Waals surface area contributed by atoms with Crippen molar-refractivity contribution >= 4 is 17.6 Å². The number of Topliss-reactive ketones (excluding diaryl/α,β-unsaturated/α-hetero) is 1. The van der Waals surface area contributed by atoms with E-state index in [2.05, 4.69) is 5.32 Å². The summed E-state index contributed by atoms with van der Waals surface area (Å²) in [6.45, 7) is 5.27. The quantitative estimate of drug-likeness (QED) is 0.495. The highest BCUT2D eigenvalue weighted by molar-refractivity contribution is 6.13. The number of nitrogens with one attached hydrogen (secondary N) is 1. The van der Waals surface area contributed by atoms with E-state index in [0.29, 0.717) is 5.69 Å². The van der Waals surface area contributed by atoms with Crippen LogP contribution in [-0.2, 0) is 4.74 Å². The molecule has 0 spiro atoms. The summed E-state index contributed by atoms with van der Waals surface area (Å²) in [5, 5.41) is 2.50. The van der Waals surface area contributed by atoms with Crippen molar-refractivity contribution in [1.29, 1.82) is 0 Å². The minimum atomic E-state index is -0.625. The van der Waals surface area contributed by atoms with Crippen LogP contribution in [0.4, 0.5) is 10.5 Å². The maximum Gasteiger partial charge on any atom is 0.412 e. The van der Waals surface area contributed by atoms with Gasteiger partial charge in [0.25, 0.3) is 0 Å². The van der Waals surface area contributed by atoms with Gasteiger partial charge in [0.1, 0.15) is 5.60 Å². The van der Waals surface area contributed by atoms with Crippen molar-refractivity contribution in [3.05, 3.63) is 29.8 Å². The number of anilines is 1. The van der Waals surface area contributed by atoms with Crippen LogP contribution in [0.2, 0.25) is 0 Å². The van der Waals surface area contributed by atoms with Gasteiger partial charge in [0.2, 0.25) is 5.78 Å².